The van der Waals surface area contributed by atoms with E-state index in [1.807, 2.05) is 0 Å². The molecule has 2 rings (SSSR count). The van der Waals surface area contributed by atoms with Crippen molar-refractivity contribution in [2.24, 2.45) is 0 Å². The first kappa shape index (κ1) is 14.7. The number of carbonyl (C=O) groups is 3. The molecule has 1 heterocycles. The van der Waals surface area contributed by atoms with E-state index in [9.17, 15) is 14.4 Å². The lowest BCUT2D eigenvalue weighted by Gasteiger charge is -2.06. The first-order chi connectivity index (χ1) is 9.97. The Balaban J connectivity index is 2.17. The van der Waals surface area contributed by atoms with Crippen LogP contribution in [0.4, 0.5) is 10.7 Å². The molecule has 1 aromatic heterocycles. The van der Waals surface area contributed by atoms with E-state index >= 15 is 0 Å². The van der Waals surface area contributed by atoms with E-state index in [0.717, 1.165) is 11.3 Å². The summed E-state index contributed by atoms with van der Waals surface area (Å²) in [6.45, 7) is 1.38. The van der Waals surface area contributed by atoms with E-state index in [1.165, 1.54) is 19.1 Å². The van der Waals surface area contributed by atoms with Crippen LogP contribution in [0.3, 0.4) is 0 Å². The Kier molecular flexibility index (Phi) is 4.34. The largest absolute Gasteiger partial charge is 0.478 e. The van der Waals surface area contributed by atoms with E-state index in [0.29, 0.717) is 9.88 Å². The van der Waals surface area contributed by atoms with Crippen molar-refractivity contribution in [2.75, 3.05) is 10.6 Å². The highest BCUT2D eigenvalue weighted by Gasteiger charge is 2.14. The maximum absolute atomic E-state index is 12.1. The van der Waals surface area contributed by atoms with Gasteiger partial charge in [-0.15, -0.1) is 11.3 Å². The predicted molar refractivity (Wildman–Crippen MR) is 80.0 cm³/mol. The van der Waals surface area contributed by atoms with Gasteiger partial charge in [-0.3, -0.25) is 9.59 Å². The van der Waals surface area contributed by atoms with Gasteiger partial charge < -0.3 is 15.7 Å². The fourth-order valence-electron chi connectivity index (χ4n) is 1.66. The molecule has 0 aliphatic carbocycles. The van der Waals surface area contributed by atoms with Crippen LogP contribution in [0.15, 0.2) is 36.4 Å². The standard InChI is InChI=1S/C14H12N2O4S/c1-8(17)15-12-7-6-11(21-12)13(18)16-10-5-3-2-4-9(10)14(19)20/h2-7H,1H3,(H,15,17)(H,16,18)(H,19,20). The first-order valence-electron chi connectivity index (χ1n) is 5.98. The Morgan fingerprint density at radius 1 is 1.05 bits per heavy atom. The van der Waals surface area contributed by atoms with Crippen molar-refractivity contribution in [3.8, 4) is 0 Å². The maximum Gasteiger partial charge on any atom is 0.337 e. The van der Waals surface area contributed by atoms with Gasteiger partial charge in [0, 0.05) is 6.92 Å². The smallest absolute Gasteiger partial charge is 0.337 e. The lowest BCUT2D eigenvalue weighted by Crippen LogP contribution is -2.13. The Morgan fingerprint density at radius 3 is 2.43 bits per heavy atom. The molecule has 108 valence electrons. The average molecular weight is 304 g/mol. The number of hydrogen-bond donors (Lipinski definition) is 3. The zero-order valence-electron chi connectivity index (χ0n) is 11.0. The van der Waals surface area contributed by atoms with Crippen LogP contribution in [-0.2, 0) is 4.79 Å². The number of thiophene rings is 1. The third-order valence-corrected chi connectivity index (χ3v) is 3.53. The molecule has 21 heavy (non-hydrogen) atoms. The second-order valence-corrected chi connectivity index (χ2v) is 5.23. The summed E-state index contributed by atoms with van der Waals surface area (Å²) in [5, 5.41) is 14.7. The van der Waals surface area contributed by atoms with Gasteiger partial charge in [0.2, 0.25) is 5.91 Å². The van der Waals surface area contributed by atoms with Crippen molar-refractivity contribution < 1.29 is 19.5 Å². The highest BCUT2D eigenvalue weighted by molar-refractivity contribution is 7.18. The molecule has 0 saturated carbocycles. The number of para-hydroxylation sites is 1. The number of nitrogens with one attached hydrogen (secondary N) is 2. The van der Waals surface area contributed by atoms with Gasteiger partial charge in [-0.2, -0.15) is 0 Å². The Labute approximate surface area is 124 Å². The minimum absolute atomic E-state index is 0.0180. The van der Waals surface area contributed by atoms with Crippen molar-refractivity contribution in [1.29, 1.82) is 0 Å². The van der Waals surface area contributed by atoms with E-state index in [-0.39, 0.29) is 17.2 Å². The summed E-state index contributed by atoms with van der Waals surface area (Å²) in [7, 11) is 0. The van der Waals surface area contributed by atoms with Crippen molar-refractivity contribution in [2.45, 2.75) is 6.92 Å². The van der Waals surface area contributed by atoms with E-state index < -0.39 is 11.9 Å². The zero-order valence-corrected chi connectivity index (χ0v) is 11.9. The SMILES string of the molecule is CC(=O)Nc1ccc(C(=O)Nc2ccccc2C(=O)O)s1. The van der Waals surface area contributed by atoms with Crippen LogP contribution in [0.5, 0.6) is 0 Å². The van der Waals surface area contributed by atoms with Gasteiger partial charge in [0.1, 0.15) is 0 Å². The minimum atomic E-state index is -1.11. The first-order valence-corrected chi connectivity index (χ1v) is 6.80. The van der Waals surface area contributed by atoms with Crippen LogP contribution in [-0.4, -0.2) is 22.9 Å². The molecule has 7 heteroatoms. The van der Waals surface area contributed by atoms with Crippen molar-refractivity contribution >= 4 is 39.8 Å². The second-order valence-electron chi connectivity index (χ2n) is 4.15. The quantitative estimate of drug-likeness (QED) is 0.809. The molecular formula is C14H12N2O4S. The molecule has 0 bridgehead atoms. The van der Waals surface area contributed by atoms with Crippen molar-refractivity contribution in [3.63, 3.8) is 0 Å². The molecule has 0 aliphatic rings. The van der Waals surface area contributed by atoms with Gasteiger partial charge >= 0.3 is 5.97 Å². The molecule has 6 nitrogen and oxygen atoms in total. The number of carbonyl (C=O) groups excluding carboxylic acids is 2. The van der Waals surface area contributed by atoms with Crippen LogP contribution in [0.1, 0.15) is 27.0 Å². The molecule has 0 saturated heterocycles. The third kappa shape index (κ3) is 3.67. The fourth-order valence-corrected chi connectivity index (χ4v) is 2.51. The van der Waals surface area contributed by atoms with Gasteiger partial charge in [-0.25, -0.2) is 4.79 Å². The van der Waals surface area contributed by atoms with Gasteiger partial charge in [0.25, 0.3) is 5.91 Å². The minimum Gasteiger partial charge on any atom is -0.478 e. The highest BCUT2D eigenvalue weighted by Crippen LogP contribution is 2.23. The highest BCUT2D eigenvalue weighted by atomic mass is 32.1. The zero-order chi connectivity index (χ0) is 15.4. The summed E-state index contributed by atoms with van der Waals surface area (Å²) in [6, 6.07) is 9.33. The summed E-state index contributed by atoms with van der Waals surface area (Å²) in [6.07, 6.45) is 0. The summed E-state index contributed by atoms with van der Waals surface area (Å²) >= 11 is 1.11. The summed E-state index contributed by atoms with van der Waals surface area (Å²) in [4.78, 5) is 34.5. The number of rotatable bonds is 4. The summed E-state index contributed by atoms with van der Waals surface area (Å²) in [5.41, 5.74) is 0.244. The topological polar surface area (TPSA) is 95.5 Å². The van der Waals surface area contributed by atoms with Gasteiger partial charge in [-0.05, 0) is 24.3 Å². The number of aromatic carboxylic acids is 1. The lowest BCUT2D eigenvalue weighted by molar-refractivity contribution is -0.114. The summed E-state index contributed by atoms with van der Waals surface area (Å²) in [5.74, 6) is -1.76. The van der Waals surface area contributed by atoms with E-state index in [2.05, 4.69) is 10.6 Å². The van der Waals surface area contributed by atoms with E-state index in [1.54, 1.807) is 24.3 Å². The van der Waals surface area contributed by atoms with Crippen molar-refractivity contribution in [1.82, 2.24) is 0 Å². The van der Waals surface area contributed by atoms with Crippen LogP contribution in [0.2, 0.25) is 0 Å². The predicted octanol–water partition coefficient (Wildman–Crippen LogP) is 2.66. The second kappa shape index (κ2) is 6.19. The molecule has 0 fully saturated rings. The van der Waals surface area contributed by atoms with Crippen LogP contribution >= 0.6 is 11.3 Å². The number of carboxylic acid groups (broad SMARTS) is 1. The lowest BCUT2D eigenvalue weighted by atomic mass is 10.2. The molecule has 0 atom stereocenters. The van der Waals surface area contributed by atoms with Gasteiger partial charge in [0.05, 0.1) is 21.1 Å². The maximum atomic E-state index is 12.1. The molecule has 0 spiro atoms. The number of carboxylic acids is 1. The molecule has 0 unspecified atom stereocenters. The molecule has 0 radical (unpaired) electrons. The van der Waals surface area contributed by atoms with Gasteiger partial charge in [0.15, 0.2) is 0 Å². The normalized spacial score (nSPS) is 9.95. The van der Waals surface area contributed by atoms with Crippen molar-refractivity contribution in [3.05, 3.63) is 46.8 Å². The molecular weight excluding hydrogens is 292 g/mol. The Morgan fingerprint density at radius 2 is 1.76 bits per heavy atom. The molecule has 1 aromatic carbocycles. The summed E-state index contributed by atoms with van der Waals surface area (Å²) < 4.78 is 0. The fraction of sp³-hybridized carbons (Fsp3) is 0.0714. The number of benzene rings is 1. The number of anilines is 2. The van der Waals surface area contributed by atoms with Gasteiger partial charge in [-0.1, -0.05) is 12.1 Å². The van der Waals surface area contributed by atoms with Crippen LogP contribution < -0.4 is 10.6 Å². The molecule has 2 amide bonds. The Bertz CT molecular complexity index is 709. The molecule has 0 aliphatic heterocycles. The molecule has 2 aromatic rings. The van der Waals surface area contributed by atoms with Crippen LogP contribution in [0.25, 0.3) is 0 Å². The van der Waals surface area contributed by atoms with Crippen LogP contribution in [0, 0.1) is 0 Å². The average Bonchev–Trinajstić information content (AvgIpc) is 2.86. The monoisotopic (exact) mass is 304 g/mol. The van der Waals surface area contributed by atoms with E-state index in [4.69, 9.17) is 5.11 Å². The third-order valence-electron chi connectivity index (χ3n) is 2.53. The number of amides is 2. The molecule has 3 N–H and O–H groups in total. The Hall–Kier alpha value is -2.67. The number of hydrogen-bond acceptors (Lipinski definition) is 4.